The molecule has 1 amide bonds. The number of hydrogen-bond donors (Lipinski definition) is 2. The van der Waals surface area contributed by atoms with Crippen LogP contribution in [0.25, 0.3) is 0 Å². The standard InChI is InChI=1S/C26H45NO5/c1-3-4-5-6-7-8-9-10-11-12-13-14-15-16-23(28)27-21-19-25(29)24-22(32-24)17-18-26(25,30-2)31-20-21/h17-18,21-22,24,29H,3-16,19-20H2,1-2H3,(H,27,28)/t21-,22-,24-,25-,26-/m0/s1. The molecular weight excluding hydrogens is 406 g/mol. The van der Waals surface area contributed by atoms with E-state index in [1.54, 1.807) is 6.08 Å². The van der Waals surface area contributed by atoms with Gasteiger partial charge in [-0.2, -0.15) is 0 Å². The number of hydrogen-bond acceptors (Lipinski definition) is 5. The molecule has 0 bridgehead atoms. The minimum atomic E-state index is -1.27. The van der Waals surface area contributed by atoms with Crippen LogP contribution >= 0.6 is 0 Å². The first-order valence-electron chi connectivity index (χ1n) is 13.1. The lowest BCUT2D eigenvalue weighted by Gasteiger charge is -2.49. The number of epoxide rings is 1. The smallest absolute Gasteiger partial charge is 0.220 e. The van der Waals surface area contributed by atoms with Crippen molar-refractivity contribution in [3.63, 3.8) is 0 Å². The van der Waals surface area contributed by atoms with E-state index in [4.69, 9.17) is 14.2 Å². The van der Waals surface area contributed by atoms with E-state index in [1.807, 2.05) is 6.08 Å². The van der Waals surface area contributed by atoms with Crippen molar-refractivity contribution >= 4 is 5.91 Å². The maximum atomic E-state index is 12.4. The van der Waals surface area contributed by atoms with Gasteiger partial charge in [-0.1, -0.05) is 90.0 Å². The van der Waals surface area contributed by atoms with E-state index in [-0.39, 0.29) is 24.2 Å². The van der Waals surface area contributed by atoms with Crippen molar-refractivity contribution in [2.45, 2.75) is 133 Å². The van der Waals surface area contributed by atoms with Crippen LogP contribution < -0.4 is 5.32 Å². The molecule has 0 radical (unpaired) electrons. The van der Waals surface area contributed by atoms with E-state index in [9.17, 15) is 9.90 Å². The Morgan fingerprint density at radius 2 is 1.62 bits per heavy atom. The van der Waals surface area contributed by atoms with Crippen LogP contribution in [0.3, 0.4) is 0 Å². The van der Waals surface area contributed by atoms with Crippen molar-refractivity contribution in [3.05, 3.63) is 12.2 Å². The van der Waals surface area contributed by atoms with Crippen LogP contribution in [0, 0.1) is 0 Å². The highest BCUT2D eigenvalue weighted by Crippen LogP contribution is 2.51. The summed E-state index contributed by atoms with van der Waals surface area (Å²) in [7, 11) is 1.53. The fourth-order valence-electron chi connectivity index (χ4n) is 5.31. The molecular formula is C26H45NO5. The molecule has 2 N–H and O–H groups in total. The summed E-state index contributed by atoms with van der Waals surface area (Å²) in [4.78, 5) is 12.4. The Kier molecular flexibility index (Phi) is 10.0. The topological polar surface area (TPSA) is 80.3 Å². The number of carbonyl (C=O) groups excluding carboxylic acids is 1. The summed E-state index contributed by atoms with van der Waals surface area (Å²) in [6.45, 7) is 2.59. The van der Waals surface area contributed by atoms with Gasteiger partial charge in [0.2, 0.25) is 11.7 Å². The van der Waals surface area contributed by atoms with Crippen LogP contribution in [0.1, 0.15) is 103 Å². The predicted octanol–water partition coefficient (Wildman–Crippen LogP) is 4.78. The van der Waals surface area contributed by atoms with Gasteiger partial charge in [0.25, 0.3) is 0 Å². The molecule has 3 aliphatic rings. The van der Waals surface area contributed by atoms with Crippen molar-refractivity contribution in [1.82, 2.24) is 5.32 Å². The van der Waals surface area contributed by atoms with Crippen LogP contribution in [-0.4, -0.2) is 54.4 Å². The molecule has 32 heavy (non-hydrogen) atoms. The van der Waals surface area contributed by atoms with Crippen LogP contribution in [0.4, 0.5) is 0 Å². The molecule has 0 unspecified atom stereocenters. The monoisotopic (exact) mass is 451 g/mol. The van der Waals surface area contributed by atoms with E-state index in [1.165, 1.54) is 77.7 Å². The van der Waals surface area contributed by atoms with Crippen molar-refractivity contribution in [2.75, 3.05) is 13.7 Å². The molecule has 0 aromatic carbocycles. The van der Waals surface area contributed by atoms with Gasteiger partial charge in [0.05, 0.1) is 12.6 Å². The summed E-state index contributed by atoms with van der Waals surface area (Å²) in [6, 6.07) is -0.228. The summed E-state index contributed by atoms with van der Waals surface area (Å²) >= 11 is 0. The molecule has 0 spiro atoms. The number of fused-ring (bicyclic) bond motifs is 3. The van der Waals surface area contributed by atoms with Crippen molar-refractivity contribution < 1.29 is 24.1 Å². The number of methoxy groups -OCH3 is 1. The first-order valence-corrected chi connectivity index (χ1v) is 13.1. The molecule has 5 atom stereocenters. The van der Waals surface area contributed by atoms with Gasteiger partial charge in [0, 0.05) is 20.0 Å². The van der Waals surface area contributed by atoms with Crippen LogP contribution in [-0.2, 0) is 19.0 Å². The number of ether oxygens (including phenoxy) is 3. The first-order chi connectivity index (χ1) is 15.5. The largest absolute Gasteiger partial charge is 0.381 e. The van der Waals surface area contributed by atoms with Gasteiger partial charge in [-0.25, -0.2) is 0 Å². The highest BCUT2D eigenvalue weighted by molar-refractivity contribution is 5.76. The van der Waals surface area contributed by atoms with Crippen molar-refractivity contribution in [3.8, 4) is 0 Å². The Balaban J connectivity index is 1.21. The van der Waals surface area contributed by atoms with Crippen molar-refractivity contribution in [2.24, 2.45) is 0 Å². The summed E-state index contributed by atoms with van der Waals surface area (Å²) in [5, 5.41) is 14.3. The van der Waals surface area contributed by atoms with Gasteiger partial charge in [0.15, 0.2) is 5.60 Å². The van der Waals surface area contributed by atoms with Gasteiger partial charge in [-0.3, -0.25) is 4.79 Å². The summed E-state index contributed by atoms with van der Waals surface area (Å²) in [6.07, 6.45) is 21.0. The lowest BCUT2D eigenvalue weighted by Crippen LogP contribution is -2.68. The second-order valence-electron chi connectivity index (χ2n) is 9.95. The Morgan fingerprint density at radius 3 is 2.22 bits per heavy atom. The first kappa shape index (κ1) is 25.7. The zero-order valence-corrected chi connectivity index (χ0v) is 20.3. The molecule has 6 heteroatoms. The van der Waals surface area contributed by atoms with E-state index in [0.717, 1.165) is 12.8 Å². The van der Waals surface area contributed by atoms with Crippen LogP contribution in [0.5, 0.6) is 0 Å². The summed E-state index contributed by atoms with van der Waals surface area (Å²) in [5.74, 6) is -1.14. The third-order valence-electron chi connectivity index (χ3n) is 7.34. The second kappa shape index (κ2) is 12.5. The van der Waals surface area contributed by atoms with Gasteiger partial charge in [-0.15, -0.1) is 0 Å². The normalized spacial score (nSPS) is 32.9. The molecule has 0 saturated carbocycles. The minimum Gasteiger partial charge on any atom is -0.381 e. The Hall–Kier alpha value is -0.950. The number of carbonyl (C=O) groups is 1. The fraction of sp³-hybridized carbons (Fsp3) is 0.885. The highest BCUT2D eigenvalue weighted by atomic mass is 16.7. The third kappa shape index (κ3) is 6.55. The SMILES string of the molecule is CCCCCCCCCCCCCCCC(=O)N[C@@H]1CO[C@@]2(OC)C=C[C@@H]3O[C@@H]3[C@@]2(O)C1. The van der Waals surface area contributed by atoms with E-state index in [0.29, 0.717) is 19.4 Å². The number of rotatable bonds is 16. The molecule has 1 aliphatic carbocycles. The molecule has 2 fully saturated rings. The average molecular weight is 452 g/mol. The van der Waals surface area contributed by atoms with Crippen molar-refractivity contribution in [1.29, 1.82) is 0 Å². The molecule has 2 aliphatic heterocycles. The molecule has 2 heterocycles. The fourth-order valence-corrected chi connectivity index (χ4v) is 5.31. The average Bonchev–Trinajstić information content (AvgIpc) is 3.58. The van der Waals surface area contributed by atoms with Crippen LogP contribution in [0.2, 0.25) is 0 Å². The third-order valence-corrected chi connectivity index (χ3v) is 7.34. The molecule has 0 aromatic heterocycles. The Bertz CT molecular complexity index is 611. The zero-order chi connectivity index (χ0) is 22.9. The maximum Gasteiger partial charge on any atom is 0.220 e. The van der Waals surface area contributed by atoms with E-state index >= 15 is 0 Å². The number of aliphatic hydroxyl groups is 1. The van der Waals surface area contributed by atoms with E-state index in [2.05, 4.69) is 12.2 Å². The molecule has 2 saturated heterocycles. The van der Waals surface area contributed by atoms with Gasteiger partial charge >= 0.3 is 0 Å². The van der Waals surface area contributed by atoms with Gasteiger partial charge < -0.3 is 24.6 Å². The number of unbranched alkanes of at least 4 members (excludes halogenated alkanes) is 12. The quantitative estimate of drug-likeness (QED) is 0.200. The highest BCUT2D eigenvalue weighted by Gasteiger charge is 2.69. The summed E-state index contributed by atoms with van der Waals surface area (Å²) in [5.41, 5.74) is -1.27. The predicted molar refractivity (Wildman–Crippen MR) is 125 cm³/mol. The van der Waals surface area contributed by atoms with Gasteiger partial charge in [0.1, 0.15) is 12.2 Å². The van der Waals surface area contributed by atoms with E-state index < -0.39 is 11.4 Å². The second-order valence-corrected chi connectivity index (χ2v) is 9.95. The Morgan fingerprint density at radius 1 is 1.03 bits per heavy atom. The van der Waals surface area contributed by atoms with Crippen LogP contribution in [0.15, 0.2) is 12.2 Å². The molecule has 0 aromatic rings. The molecule has 6 nitrogen and oxygen atoms in total. The maximum absolute atomic E-state index is 12.4. The lowest BCUT2D eigenvalue weighted by molar-refractivity contribution is -0.314. The molecule has 3 rings (SSSR count). The number of nitrogens with one attached hydrogen (secondary N) is 1. The summed E-state index contributed by atoms with van der Waals surface area (Å²) < 4.78 is 17.0. The minimum absolute atomic E-state index is 0.0369. The zero-order valence-electron chi connectivity index (χ0n) is 20.3. The molecule has 184 valence electrons. The van der Waals surface area contributed by atoms with Gasteiger partial charge in [-0.05, 0) is 12.5 Å². The Labute approximate surface area is 194 Å². The number of amides is 1. The lowest BCUT2D eigenvalue weighted by atomic mass is 9.76.